The first-order chi connectivity index (χ1) is 21.4. The van der Waals surface area contributed by atoms with Crippen LogP contribution in [0.25, 0.3) is 0 Å². The Morgan fingerprint density at radius 3 is 2.53 bits per heavy atom. The van der Waals surface area contributed by atoms with Gasteiger partial charge in [-0.05, 0) is 66.2 Å². The molecule has 3 heterocycles. The fraction of sp³-hybridized carbons (Fsp3) is 0.781. The van der Waals surface area contributed by atoms with Crippen molar-refractivity contribution in [2.24, 2.45) is 5.92 Å². The molecule has 13 heteroatoms. The molecule has 4 amide bonds. The van der Waals surface area contributed by atoms with Gasteiger partial charge in [-0.25, -0.2) is 4.79 Å². The van der Waals surface area contributed by atoms with Crippen molar-refractivity contribution in [3.05, 3.63) is 11.6 Å². The van der Waals surface area contributed by atoms with E-state index in [4.69, 9.17) is 18.9 Å². The van der Waals surface area contributed by atoms with Crippen LogP contribution in [0, 0.1) is 5.92 Å². The third kappa shape index (κ3) is 9.08. The zero-order valence-corrected chi connectivity index (χ0v) is 28.0. The molecule has 0 aromatic heterocycles. The summed E-state index contributed by atoms with van der Waals surface area (Å²) in [5, 5.41) is 5.15. The Balaban J connectivity index is 1.16. The minimum Gasteiger partial charge on any atom is -0.443 e. The zero-order valence-electron chi connectivity index (χ0n) is 27.2. The predicted molar refractivity (Wildman–Crippen MR) is 168 cm³/mol. The number of allylic oxidation sites excluding steroid dienone is 1. The number of epoxide rings is 2. The van der Waals surface area contributed by atoms with Crippen LogP contribution in [0.5, 0.6) is 0 Å². The van der Waals surface area contributed by atoms with E-state index in [0.717, 1.165) is 12.8 Å². The number of methoxy groups -OCH3 is 1. The Morgan fingerprint density at radius 1 is 1.11 bits per heavy atom. The lowest BCUT2D eigenvalue weighted by Crippen LogP contribution is -2.56. The van der Waals surface area contributed by atoms with Gasteiger partial charge in [0, 0.05) is 38.8 Å². The maximum atomic E-state index is 12.7. The average Bonchev–Trinajstić information content (AvgIpc) is 3.82. The SMILES string of the molecule is CO[C@H]1[C@H](C2(C)O[C@@H]2CC=C(C)C)[C@]2(CC[C@H]1OC(=O)NC(=O)CSCCNC(=O)C1CCCN1C(=O)CCCC(C)=O)CO2. The maximum Gasteiger partial charge on any atom is 0.414 e. The fourth-order valence-electron chi connectivity index (χ4n) is 6.89. The highest BCUT2D eigenvalue weighted by Crippen LogP contribution is 2.59. The minimum atomic E-state index is -0.815. The highest BCUT2D eigenvalue weighted by molar-refractivity contribution is 7.99. The number of nitrogens with one attached hydrogen (secondary N) is 2. The standard InChI is InChI=1S/C32H49N3O9S/c1-20(2)11-12-24-31(4,44-24)28-27(41-5)23(13-14-32(28)19-42-32)43-30(40)34-25(37)18-45-17-15-33-29(39)22-9-7-16-35(22)26(38)10-6-8-21(3)36/h11,22-24,27-28H,6-10,12-19H2,1-5H3,(H,33,39)(H,34,37,40)/t22?,23-,24-,27-,28-,31?,32+/m1/s1. The lowest BCUT2D eigenvalue weighted by atomic mass is 9.68. The Hall–Kier alpha value is -2.48. The number of carbonyl (C=O) groups is 5. The molecule has 0 aromatic rings. The second-order valence-electron chi connectivity index (χ2n) is 13.0. The van der Waals surface area contributed by atoms with E-state index in [1.54, 1.807) is 12.0 Å². The number of amides is 4. The van der Waals surface area contributed by atoms with Crippen LogP contribution in [0.2, 0.25) is 0 Å². The topological polar surface area (TPSA) is 156 Å². The van der Waals surface area contributed by atoms with Crippen LogP contribution in [-0.4, -0.2) is 108 Å². The molecule has 4 fully saturated rings. The number of alkyl carbamates (subject to hydrolysis) is 1. The van der Waals surface area contributed by atoms with E-state index in [2.05, 4.69) is 37.5 Å². The number of ketones is 1. The Labute approximate surface area is 270 Å². The number of hydrogen-bond donors (Lipinski definition) is 2. The lowest BCUT2D eigenvalue weighted by molar-refractivity contribution is -0.138. The van der Waals surface area contributed by atoms with Crippen molar-refractivity contribution >= 4 is 41.4 Å². The summed E-state index contributed by atoms with van der Waals surface area (Å²) in [6.45, 7) is 9.17. The molecule has 3 aliphatic heterocycles. The van der Waals surface area contributed by atoms with Crippen LogP contribution in [0.3, 0.4) is 0 Å². The van der Waals surface area contributed by atoms with Crippen LogP contribution in [0.15, 0.2) is 11.6 Å². The largest absolute Gasteiger partial charge is 0.443 e. The molecular formula is C32H49N3O9S. The summed E-state index contributed by atoms with van der Waals surface area (Å²) in [6.07, 6.45) is 4.92. The van der Waals surface area contributed by atoms with Gasteiger partial charge in [-0.1, -0.05) is 11.6 Å². The smallest absolute Gasteiger partial charge is 0.414 e. The number of carbonyl (C=O) groups excluding carboxylic acids is 5. The molecule has 45 heavy (non-hydrogen) atoms. The third-order valence-electron chi connectivity index (χ3n) is 9.31. The number of imide groups is 1. The highest BCUT2D eigenvalue weighted by Gasteiger charge is 2.72. The summed E-state index contributed by atoms with van der Waals surface area (Å²) >= 11 is 1.28. The molecule has 252 valence electrons. The molecule has 2 N–H and O–H groups in total. The second-order valence-corrected chi connectivity index (χ2v) is 14.1. The van der Waals surface area contributed by atoms with Gasteiger partial charge >= 0.3 is 6.09 Å². The number of nitrogens with zero attached hydrogens (tertiary/aromatic N) is 1. The highest BCUT2D eigenvalue weighted by atomic mass is 32.2. The molecule has 4 rings (SSSR count). The van der Waals surface area contributed by atoms with Crippen molar-refractivity contribution in [2.75, 3.05) is 38.3 Å². The molecule has 4 aliphatic rings. The molecule has 3 saturated heterocycles. The Morgan fingerprint density at radius 2 is 1.87 bits per heavy atom. The third-order valence-corrected chi connectivity index (χ3v) is 10.3. The lowest BCUT2D eigenvalue weighted by Gasteiger charge is -2.42. The van der Waals surface area contributed by atoms with Crippen LogP contribution < -0.4 is 10.6 Å². The van der Waals surface area contributed by atoms with Crippen LogP contribution in [-0.2, 0) is 38.1 Å². The van der Waals surface area contributed by atoms with E-state index >= 15 is 0 Å². The van der Waals surface area contributed by atoms with E-state index < -0.39 is 35.9 Å². The van der Waals surface area contributed by atoms with Gasteiger partial charge in [0.15, 0.2) is 0 Å². The molecule has 1 saturated carbocycles. The molecule has 2 unspecified atom stereocenters. The van der Waals surface area contributed by atoms with E-state index in [1.807, 2.05) is 0 Å². The molecule has 0 bridgehead atoms. The molecule has 12 nitrogen and oxygen atoms in total. The normalized spacial score (nSPS) is 31.7. The number of likely N-dealkylation sites (tertiary alicyclic amines) is 1. The first-order valence-electron chi connectivity index (χ1n) is 16.0. The fourth-order valence-corrected chi connectivity index (χ4v) is 7.53. The number of rotatable bonds is 15. The van der Waals surface area contributed by atoms with E-state index in [0.29, 0.717) is 57.6 Å². The number of Topliss-reactive ketones (excluding diaryl/α,β-unsaturated/α-hetero) is 1. The second kappa shape index (κ2) is 15.4. The van der Waals surface area contributed by atoms with Gasteiger partial charge in [-0.2, -0.15) is 11.8 Å². The first kappa shape index (κ1) is 35.4. The van der Waals surface area contributed by atoms with Gasteiger partial charge in [0.2, 0.25) is 17.7 Å². The number of hydrogen-bond acceptors (Lipinski definition) is 10. The van der Waals surface area contributed by atoms with Gasteiger partial charge in [0.25, 0.3) is 0 Å². The minimum absolute atomic E-state index is 0.0189. The quantitative estimate of drug-likeness (QED) is 0.153. The van der Waals surface area contributed by atoms with Gasteiger partial charge in [0.1, 0.15) is 35.2 Å². The van der Waals surface area contributed by atoms with Crippen molar-refractivity contribution in [3.63, 3.8) is 0 Å². The zero-order chi connectivity index (χ0) is 32.8. The Bertz CT molecular complexity index is 1150. The van der Waals surface area contributed by atoms with Crippen molar-refractivity contribution < 1.29 is 42.9 Å². The van der Waals surface area contributed by atoms with Crippen LogP contribution >= 0.6 is 11.8 Å². The molecular weight excluding hydrogens is 602 g/mol. The van der Waals surface area contributed by atoms with E-state index in [9.17, 15) is 24.0 Å². The van der Waals surface area contributed by atoms with Gasteiger partial charge in [-0.3, -0.25) is 19.7 Å². The summed E-state index contributed by atoms with van der Waals surface area (Å²) in [4.78, 5) is 63.1. The Kier molecular flexibility index (Phi) is 12.1. The van der Waals surface area contributed by atoms with Crippen molar-refractivity contribution in [3.8, 4) is 0 Å². The van der Waals surface area contributed by atoms with Crippen LogP contribution in [0.1, 0.15) is 79.1 Å². The molecule has 0 radical (unpaired) electrons. The maximum absolute atomic E-state index is 12.7. The average molecular weight is 652 g/mol. The molecule has 0 aromatic carbocycles. The number of thioether (sulfide) groups is 1. The molecule has 1 aliphatic carbocycles. The molecule has 1 spiro atoms. The number of ether oxygens (including phenoxy) is 4. The molecule has 7 atom stereocenters. The first-order valence-corrected chi connectivity index (χ1v) is 17.2. The van der Waals surface area contributed by atoms with Gasteiger partial charge in [0.05, 0.1) is 24.4 Å². The van der Waals surface area contributed by atoms with Crippen molar-refractivity contribution in [1.82, 2.24) is 15.5 Å². The summed E-state index contributed by atoms with van der Waals surface area (Å²) in [7, 11) is 1.60. The van der Waals surface area contributed by atoms with Gasteiger partial charge < -0.3 is 34.0 Å². The predicted octanol–water partition coefficient (Wildman–Crippen LogP) is 2.92. The summed E-state index contributed by atoms with van der Waals surface area (Å²) in [6, 6.07) is -0.508. The van der Waals surface area contributed by atoms with E-state index in [-0.39, 0.29) is 47.4 Å². The summed E-state index contributed by atoms with van der Waals surface area (Å²) < 4.78 is 23.7. The summed E-state index contributed by atoms with van der Waals surface area (Å²) in [5.74, 6) is -0.401. The van der Waals surface area contributed by atoms with Crippen molar-refractivity contribution in [2.45, 2.75) is 115 Å². The van der Waals surface area contributed by atoms with Crippen LogP contribution in [0.4, 0.5) is 4.79 Å². The van der Waals surface area contributed by atoms with Gasteiger partial charge in [-0.15, -0.1) is 0 Å². The van der Waals surface area contributed by atoms with Crippen molar-refractivity contribution in [1.29, 1.82) is 0 Å². The summed E-state index contributed by atoms with van der Waals surface area (Å²) in [5.41, 5.74) is 0.436. The monoisotopic (exact) mass is 651 g/mol. The van der Waals surface area contributed by atoms with E-state index in [1.165, 1.54) is 24.3 Å².